The van der Waals surface area contributed by atoms with Crippen LogP contribution in [0.2, 0.25) is 0 Å². The van der Waals surface area contributed by atoms with E-state index in [1.54, 1.807) is 0 Å². The van der Waals surface area contributed by atoms with E-state index in [-0.39, 0.29) is 10.8 Å². The van der Waals surface area contributed by atoms with E-state index in [0.29, 0.717) is 0 Å². The summed E-state index contributed by atoms with van der Waals surface area (Å²) in [6.07, 6.45) is 4.08. The van der Waals surface area contributed by atoms with Crippen molar-refractivity contribution in [3.05, 3.63) is 311 Å². The van der Waals surface area contributed by atoms with Crippen molar-refractivity contribution in [1.29, 1.82) is 0 Å². The smallest absolute Gasteiger partial charge is 0.160 e. The molecule has 0 fully saturated rings. The molecule has 7 heteroatoms. The number of anilines is 9. The third-order valence-corrected chi connectivity index (χ3v) is 21.4. The number of furan rings is 2. The summed E-state index contributed by atoms with van der Waals surface area (Å²) in [6.45, 7) is 13.9. The Morgan fingerprint density at radius 2 is 0.892 bits per heavy atom. The van der Waals surface area contributed by atoms with Crippen LogP contribution in [0.1, 0.15) is 83.3 Å². The van der Waals surface area contributed by atoms with Crippen LogP contribution in [-0.4, -0.2) is 4.98 Å². The second-order valence-corrected chi connectivity index (χ2v) is 27.1. The molecule has 1 atom stereocenters. The molecule has 93 heavy (non-hydrogen) atoms. The predicted octanol–water partition coefficient (Wildman–Crippen LogP) is 23.3. The van der Waals surface area contributed by atoms with E-state index in [0.717, 1.165) is 151 Å². The minimum atomic E-state index is -1.10. The fourth-order valence-corrected chi connectivity index (χ4v) is 17.4. The van der Waals surface area contributed by atoms with Gasteiger partial charge in [0.05, 0.1) is 39.2 Å². The number of hydrogen-bond acceptors (Lipinski definition) is 7. The van der Waals surface area contributed by atoms with Crippen molar-refractivity contribution in [2.75, 3.05) is 14.7 Å². The topological polar surface area (TPSA) is 58.1 Å². The number of nitrogens with zero attached hydrogens (tertiary/aromatic N) is 4. The van der Waals surface area contributed by atoms with Gasteiger partial charge in [-0.25, -0.2) is 0 Å². The van der Waals surface area contributed by atoms with Crippen LogP contribution < -0.4 is 19.4 Å². The van der Waals surface area contributed by atoms with Crippen molar-refractivity contribution < 1.29 is 13.6 Å². The van der Waals surface area contributed by atoms with Crippen LogP contribution in [0, 0.1) is 13.8 Å². The van der Waals surface area contributed by atoms with E-state index in [4.69, 9.17) is 18.6 Å². The Labute approximate surface area is 538 Å². The molecule has 3 aliphatic carbocycles. The minimum absolute atomic E-state index is 0.261. The molecule has 0 bridgehead atoms. The van der Waals surface area contributed by atoms with Gasteiger partial charge in [0.1, 0.15) is 16.7 Å². The quantitative estimate of drug-likeness (QED) is 0.164. The van der Waals surface area contributed by atoms with Crippen LogP contribution in [-0.2, 0) is 16.2 Å². The molecule has 20 rings (SSSR count). The summed E-state index contributed by atoms with van der Waals surface area (Å²) in [7, 11) is 0. The van der Waals surface area contributed by atoms with E-state index >= 15 is 0 Å². The molecule has 1 spiro atoms. The maximum absolute atomic E-state index is 7.76. The standard InChI is InChI=1S/C86H60N4O3/c1-49-20-17-22-51(42-49)88(53-36-38-57-55-24-7-11-28-61(55)84(3,4)64(57)44-53)71-46-67-80(83-77(71)59-26-9-14-32-73(59)93-83)79-66(86(67)63-30-19-35-76-81(63)90(69-40-41-87-48-68(69)86)70-31-13-16-34-75(70)91-76)47-72(82-78(79)60-27-10-15-33-74(60)92-82)89(52-23-18-21-50(2)43-52)54-37-39-58-56-25-8-12-29-62(56)85(5,6)65(58)45-54/h7-48H,1-6H3. The van der Waals surface area contributed by atoms with Gasteiger partial charge >= 0.3 is 0 Å². The lowest BCUT2D eigenvalue weighted by molar-refractivity contribution is 0.473. The largest absolute Gasteiger partial charge is 0.455 e. The molecule has 7 nitrogen and oxygen atoms in total. The number of aromatic nitrogens is 1. The van der Waals surface area contributed by atoms with E-state index < -0.39 is 5.41 Å². The Bertz CT molecular complexity index is 5820. The number of para-hydroxylation sites is 5. The second kappa shape index (κ2) is 18.4. The molecule has 0 saturated carbocycles. The molecule has 442 valence electrons. The molecule has 1 unspecified atom stereocenters. The summed E-state index contributed by atoms with van der Waals surface area (Å²) in [5.41, 5.74) is 29.5. The average molecular weight is 1200 g/mol. The zero-order chi connectivity index (χ0) is 62.0. The summed E-state index contributed by atoms with van der Waals surface area (Å²) < 4.78 is 22.5. The third-order valence-electron chi connectivity index (χ3n) is 21.4. The highest BCUT2D eigenvalue weighted by atomic mass is 16.5. The molecule has 12 aromatic carbocycles. The van der Waals surface area contributed by atoms with Crippen molar-refractivity contribution in [3.8, 4) is 44.9 Å². The SMILES string of the molecule is Cc1cccc(N(c2ccc3c(c2)C(C)(C)c2ccccc2-3)c2cc3c(c4c2oc2ccccc24)-c2c(cc(N(c4cccc(C)c4)c4ccc5c(c4)C(C)(C)c4ccccc4-5)c4c2oc2ccccc24)C32c3cnccc3N3c4ccccc4Oc4cccc2c43)c1. The van der Waals surface area contributed by atoms with Gasteiger partial charge in [0.15, 0.2) is 17.1 Å². The average Bonchev–Trinajstić information content (AvgIpc) is 1.53. The summed E-state index contributed by atoms with van der Waals surface area (Å²) >= 11 is 0. The Morgan fingerprint density at radius 1 is 0.376 bits per heavy atom. The van der Waals surface area contributed by atoms with Gasteiger partial charge in [0.25, 0.3) is 0 Å². The number of aryl methyl sites for hydroxylation is 2. The van der Waals surface area contributed by atoms with Crippen LogP contribution in [0.4, 0.5) is 51.2 Å². The van der Waals surface area contributed by atoms with Crippen molar-refractivity contribution in [2.24, 2.45) is 0 Å². The maximum Gasteiger partial charge on any atom is 0.160 e. The monoisotopic (exact) mass is 1200 g/mol. The molecule has 5 heterocycles. The zero-order valence-electron chi connectivity index (χ0n) is 52.3. The number of benzene rings is 12. The third kappa shape index (κ3) is 6.80. The van der Waals surface area contributed by atoms with E-state index in [9.17, 15) is 0 Å². The number of ether oxygens (including phenoxy) is 1. The molecule has 5 aliphatic rings. The molecule has 2 aliphatic heterocycles. The number of hydrogen-bond donors (Lipinski definition) is 0. The lowest BCUT2D eigenvalue weighted by atomic mass is 9.64. The highest BCUT2D eigenvalue weighted by molar-refractivity contribution is 6.26. The summed E-state index contributed by atoms with van der Waals surface area (Å²) in [6, 6.07) is 89.4. The van der Waals surface area contributed by atoms with E-state index in [2.05, 4.69) is 305 Å². The molecule has 0 amide bonds. The van der Waals surface area contributed by atoms with Crippen molar-refractivity contribution >= 4 is 95.1 Å². The number of fused-ring (bicyclic) bond motifs is 25. The van der Waals surface area contributed by atoms with Crippen LogP contribution >= 0.6 is 0 Å². The highest BCUT2D eigenvalue weighted by Gasteiger charge is 2.57. The normalized spacial score (nSPS) is 15.9. The summed E-state index contributed by atoms with van der Waals surface area (Å²) in [5, 5.41) is 4.06. The molecular weight excluding hydrogens is 1140 g/mol. The fraction of sp³-hybridized carbons (Fsp3) is 0.105. The van der Waals surface area contributed by atoms with Crippen molar-refractivity contribution in [3.63, 3.8) is 0 Å². The van der Waals surface area contributed by atoms with Crippen molar-refractivity contribution in [1.82, 2.24) is 4.98 Å². The molecule has 3 aromatic heterocycles. The van der Waals surface area contributed by atoms with E-state index in [1.165, 1.54) is 44.5 Å². The zero-order valence-corrected chi connectivity index (χ0v) is 52.3. The summed E-state index contributed by atoms with van der Waals surface area (Å²) in [5.74, 6) is 1.56. The molecular formula is C86H60N4O3. The van der Waals surface area contributed by atoms with Crippen LogP contribution in [0.25, 0.3) is 77.3 Å². The van der Waals surface area contributed by atoms with Crippen molar-refractivity contribution in [2.45, 2.75) is 57.8 Å². The molecule has 15 aromatic rings. The van der Waals surface area contributed by atoms with Gasteiger partial charge in [-0.05, 0) is 183 Å². The first-order valence-electron chi connectivity index (χ1n) is 32.3. The lowest BCUT2D eigenvalue weighted by Gasteiger charge is -2.47. The molecule has 0 N–H and O–H groups in total. The van der Waals surface area contributed by atoms with Gasteiger partial charge in [0.2, 0.25) is 0 Å². The lowest BCUT2D eigenvalue weighted by Crippen LogP contribution is -2.37. The Kier molecular flexibility index (Phi) is 10.4. The predicted molar refractivity (Wildman–Crippen MR) is 378 cm³/mol. The Hall–Kier alpha value is -11.4. The van der Waals surface area contributed by atoms with Gasteiger partial charge in [-0.1, -0.05) is 173 Å². The first kappa shape index (κ1) is 52.4. The number of rotatable bonds is 6. The molecule has 0 radical (unpaired) electrons. The number of pyridine rings is 1. The second-order valence-electron chi connectivity index (χ2n) is 27.1. The molecule has 0 saturated heterocycles. The Morgan fingerprint density at radius 3 is 1.56 bits per heavy atom. The maximum atomic E-state index is 7.76. The van der Waals surface area contributed by atoms with E-state index in [1.807, 2.05) is 6.20 Å². The first-order valence-corrected chi connectivity index (χ1v) is 32.3. The first-order chi connectivity index (χ1) is 45.5. The van der Waals surface area contributed by atoms with Gasteiger partial charge < -0.3 is 28.3 Å². The fourth-order valence-electron chi connectivity index (χ4n) is 17.4. The van der Waals surface area contributed by atoms with Gasteiger partial charge in [-0.2, -0.15) is 0 Å². The van der Waals surface area contributed by atoms with Gasteiger partial charge in [0, 0.05) is 78.8 Å². The van der Waals surface area contributed by atoms with Crippen LogP contribution in [0.3, 0.4) is 0 Å². The minimum Gasteiger partial charge on any atom is -0.455 e. The van der Waals surface area contributed by atoms with Gasteiger partial charge in [-0.3, -0.25) is 4.98 Å². The van der Waals surface area contributed by atoms with Gasteiger partial charge in [-0.15, -0.1) is 0 Å². The Balaban J connectivity index is 0.968. The van der Waals surface area contributed by atoms with Crippen LogP contribution in [0.15, 0.2) is 264 Å². The highest BCUT2D eigenvalue weighted by Crippen LogP contribution is 2.71. The summed E-state index contributed by atoms with van der Waals surface area (Å²) in [4.78, 5) is 12.6. The van der Waals surface area contributed by atoms with Crippen LogP contribution in [0.5, 0.6) is 11.5 Å².